The first-order chi connectivity index (χ1) is 10.2. The number of carboxylic acid groups (broad SMARTS) is 2. The van der Waals surface area contributed by atoms with Crippen LogP contribution in [0.5, 0.6) is 0 Å². The Morgan fingerprint density at radius 1 is 1.18 bits per heavy atom. The summed E-state index contributed by atoms with van der Waals surface area (Å²) in [6, 6.07) is 0. The van der Waals surface area contributed by atoms with E-state index in [1.54, 1.807) is 6.92 Å². The number of hydrogen-bond acceptors (Lipinski definition) is 4. The van der Waals surface area contributed by atoms with E-state index in [-0.39, 0.29) is 5.69 Å². The Hall–Kier alpha value is -2.15. The number of carbonyl (C=O) groups excluding carboxylic acids is 1. The summed E-state index contributed by atoms with van der Waals surface area (Å²) < 4.78 is 0. The molecular formula is C14H17ClN2O5. The average Bonchev–Trinajstić information content (AvgIpc) is 2.43. The van der Waals surface area contributed by atoms with Gasteiger partial charge in [0.15, 0.2) is 0 Å². The molecule has 8 heteroatoms. The van der Waals surface area contributed by atoms with Gasteiger partial charge in [-0.2, -0.15) is 0 Å². The molecule has 0 atom stereocenters. The Bertz CT molecular complexity index is 616. The van der Waals surface area contributed by atoms with Gasteiger partial charge in [0.05, 0.1) is 10.7 Å². The predicted molar refractivity (Wildman–Crippen MR) is 78.8 cm³/mol. The second-order valence-electron chi connectivity index (χ2n) is 4.66. The highest BCUT2D eigenvalue weighted by molar-refractivity contribution is 6.31. The van der Waals surface area contributed by atoms with Crippen molar-refractivity contribution in [1.82, 2.24) is 10.3 Å². The number of amides is 1. The Labute approximate surface area is 132 Å². The number of rotatable bonds is 6. The van der Waals surface area contributed by atoms with Crippen molar-refractivity contribution in [2.75, 3.05) is 0 Å². The number of nitrogens with one attached hydrogen (secondary N) is 1. The molecule has 0 saturated heterocycles. The van der Waals surface area contributed by atoms with E-state index < -0.39 is 23.4 Å². The molecule has 3 N–H and O–H groups in total. The highest BCUT2D eigenvalue weighted by atomic mass is 35.5. The SMILES string of the molecule is CCc1c(Cl)cnc(C(NC(C)=O)(C(=O)O)C(=O)O)c1CC. The van der Waals surface area contributed by atoms with Crippen LogP contribution in [0, 0.1) is 0 Å². The van der Waals surface area contributed by atoms with Crippen molar-refractivity contribution < 1.29 is 24.6 Å². The normalized spacial score (nSPS) is 11.1. The third-order valence-corrected chi connectivity index (χ3v) is 3.64. The molecule has 0 spiro atoms. The van der Waals surface area contributed by atoms with E-state index in [4.69, 9.17) is 11.6 Å². The van der Waals surface area contributed by atoms with Crippen LogP contribution in [0.3, 0.4) is 0 Å². The minimum absolute atomic E-state index is 0.230. The summed E-state index contributed by atoms with van der Waals surface area (Å²) in [5.41, 5.74) is -1.85. The Morgan fingerprint density at radius 3 is 2.05 bits per heavy atom. The molecule has 0 aliphatic carbocycles. The fraction of sp³-hybridized carbons (Fsp3) is 0.429. The van der Waals surface area contributed by atoms with Gasteiger partial charge in [-0.1, -0.05) is 25.4 Å². The van der Waals surface area contributed by atoms with Gasteiger partial charge in [0.1, 0.15) is 0 Å². The number of aromatic nitrogens is 1. The lowest BCUT2D eigenvalue weighted by atomic mass is 9.87. The van der Waals surface area contributed by atoms with E-state index in [1.807, 2.05) is 12.2 Å². The fourth-order valence-corrected chi connectivity index (χ4v) is 2.67. The molecule has 0 unspecified atom stereocenters. The number of pyridine rings is 1. The van der Waals surface area contributed by atoms with E-state index in [0.717, 1.165) is 6.92 Å². The zero-order valence-corrected chi connectivity index (χ0v) is 13.2. The quantitative estimate of drug-likeness (QED) is 0.679. The minimum Gasteiger partial charge on any atom is -0.479 e. The number of nitrogens with zero attached hydrogens (tertiary/aromatic N) is 1. The molecule has 0 aromatic carbocycles. The highest BCUT2D eigenvalue weighted by Gasteiger charge is 2.52. The number of carbonyl (C=O) groups is 3. The van der Waals surface area contributed by atoms with Crippen molar-refractivity contribution in [3.8, 4) is 0 Å². The summed E-state index contributed by atoms with van der Waals surface area (Å²) in [6.07, 6.45) is 2.01. The summed E-state index contributed by atoms with van der Waals surface area (Å²) in [5, 5.41) is 21.3. The lowest BCUT2D eigenvalue weighted by Gasteiger charge is -2.28. The van der Waals surface area contributed by atoms with Crippen molar-refractivity contribution in [2.24, 2.45) is 0 Å². The van der Waals surface area contributed by atoms with E-state index in [0.29, 0.717) is 29.0 Å². The molecule has 120 valence electrons. The van der Waals surface area contributed by atoms with E-state index in [1.165, 1.54) is 6.20 Å². The van der Waals surface area contributed by atoms with Crippen LogP contribution in [0.1, 0.15) is 37.6 Å². The molecule has 0 fully saturated rings. The third-order valence-electron chi connectivity index (χ3n) is 3.31. The van der Waals surface area contributed by atoms with Crippen LogP contribution in [0.2, 0.25) is 5.02 Å². The van der Waals surface area contributed by atoms with Gasteiger partial charge in [-0.25, -0.2) is 9.59 Å². The molecule has 1 amide bonds. The number of carboxylic acids is 2. The second-order valence-corrected chi connectivity index (χ2v) is 5.07. The van der Waals surface area contributed by atoms with Crippen LogP contribution in [0.25, 0.3) is 0 Å². The molecular weight excluding hydrogens is 312 g/mol. The number of halogens is 1. The van der Waals surface area contributed by atoms with Crippen LogP contribution in [0.4, 0.5) is 0 Å². The summed E-state index contributed by atoms with van der Waals surface area (Å²) >= 11 is 6.05. The largest absolute Gasteiger partial charge is 0.479 e. The molecule has 1 heterocycles. The van der Waals surface area contributed by atoms with Gasteiger partial charge in [0.25, 0.3) is 5.54 Å². The third kappa shape index (κ3) is 2.89. The zero-order chi connectivity index (χ0) is 17.1. The maximum atomic E-state index is 11.7. The Morgan fingerprint density at radius 2 is 1.68 bits per heavy atom. The molecule has 7 nitrogen and oxygen atoms in total. The van der Waals surface area contributed by atoms with Crippen molar-refractivity contribution in [1.29, 1.82) is 0 Å². The molecule has 0 saturated carbocycles. The highest BCUT2D eigenvalue weighted by Crippen LogP contribution is 2.30. The average molecular weight is 329 g/mol. The maximum absolute atomic E-state index is 11.7. The summed E-state index contributed by atoms with van der Waals surface area (Å²) in [4.78, 5) is 38.7. The zero-order valence-electron chi connectivity index (χ0n) is 12.4. The summed E-state index contributed by atoms with van der Waals surface area (Å²) in [7, 11) is 0. The summed E-state index contributed by atoms with van der Waals surface area (Å²) in [6.45, 7) is 4.59. The fourth-order valence-electron chi connectivity index (χ4n) is 2.37. The molecule has 0 radical (unpaired) electrons. The number of hydrogen-bond donors (Lipinski definition) is 3. The first kappa shape index (κ1) is 17.9. The van der Waals surface area contributed by atoms with Crippen molar-refractivity contribution in [3.05, 3.63) is 28.0 Å². The minimum atomic E-state index is -2.65. The van der Waals surface area contributed by atoms with Gasteiger partial charge in [-0.3, -0.25) is 9.78 Å². The van der Waals surface area contributed by atoms with E-state index in [9.17, 15) is 24.6 Å². The van der Waals surface area contributed by atoms with Crippen LogP contribution in [-0.4, -0.2) is 33.0 Å². The monoisotopic (exact) mass is 328 g/mol. The lowest BCUT2D eigenvalue weighted by molar-refractivity contribution is -0.162. The van der Waals surface area contributed by atoms with Gasteiger partial charge >= 0.3 is 11.9 Å². The van der Waals surface area contributed by atoms with Crippen LogP contribution in [0.15, 0.2) is 6.20 Å². The van der Waals surface area contributed by atoms with Crippen LogP contribution >= 0.6 is 11.6 Å². The van der Waals surface area contributed by atoms with Crippen molar-refractivity contribution in [2.45, 2.75) is 39.2 Å². The topological polar surface area (TPSA) is 117 Å². The standard InChI is InChI=1S/C14H17ClN2O5/c1-4-8-9(5-2)11(16-6-10(8)15)14(12(19)20,13(21)22)17-7(3)18/h6H,4-5H2,1-3H3,(H,17,18)(H,19,20)(H,21,22). The van der Waals surface area contributed by atoms with Crippen LogP contribution in [-0.2, 0) is 32.8 Å². The van der Waals surface area contributed by atoms with Gasteiger partial charge in [0.2, 0.25) is 5.91 Å². The van der Waals surface area contributed by atoms with Crippen LogP contribution < -0.4 is 5.32 Å². The van der Waals surface area contributed by atoms with Gasteiger partial charge in [-0.05, 0) is 24.0 Å². The molecule has 1 aromatic heterocycles. The lowest BCUT2D eigenvalue weighted by Crippen LogP contribution is -2.58. The molecule has 0 bridgehead atoms. The Balaban J connectivity index is 3.80. The number of aliphatic carboxylic acids is 2. The van der Waals surface area contributed by atoms with E-state index in [2.05, 4.69) is 4.98 Å². The maximum Gasteiger partial charge on any atom is 0.347 e. The first-order valence-electron chi connectivity index (χ1n) is 6.64. The van der Waals surface area contributed by atoms with Gasteiger partial charge in [-0.15, -0.1) is 0 Å². The smallest absolute Gasteiger partial charge is 0.347 e. The molecule has 1 rings (SSSR count). The van der Waals surface area contributed by atoms with Crippen molar-refractivity contribution >= 4 is 29.4 Å². The predicted octanol–water partition coefficient (Wildman–Crippen LogP) is 1.36. The second kappa shape index (κ2) is 6.74. The molecule has 22 heavy (non-hydrogen) atoms. The van der Waals surface area contributed by atoms with Crippen molar-refractivity contribution in [3.63, 3.8) is 0 Å². The first-order valence-corrected chi connectivity index (χ1v) is 7.02. The van der Waals surface area contributed by atoms with Gasteiger partial charge in [0, 0.05) is 13.1 Å². The molecule has 0 aliphatic rings. The molecule has 0 aliphatic heterocycles. The van der Waals surface area contributed by atoms with Gasteiger partial charge < -0.3 is 15.5 Å². The Kier molecular flexibility index (Phi) is 5.48. The summed E-state index contributed by atoms with van der Waals surface area (Å²) in [5.74, 6) is -4.23. The van der Waals surface area contributed by atoms with E-state index >= 15 is 0 Å². The molecule has 1 aromatic rings.